The molecular weight excluding hydrogens is 498 g/mol. The molecule has 1 fully saturated rings. The van der Waals surface area contributed by atoms with Crippen LogP contribution >= 0.6 is 46.4 Å². The first-order chi connectivity index (χ1) is 15.3. The summed E-state index contributed by atoms with van der Waals surface area (Å²) in [5, 5.41) is 18.0. The number of halogens is 4. The summed E-state index contributed by atoms with van der Waals surface area (Å²) in [6.45, 7) is -0.0123. The SMILES string of the molecule is O=C(COc1ccc(Cl)c(Cl)c1)NC1CCC(NC(O)COc2ccc(Cl)c(Cl)c2)CC1. The number of hydrogen-bond acceptors (Lipinski definition) is 5. The van der Waals surface area contributed by atoms with Crippen molar-refractivity contribution in [2.45, 2.75) is 44.0 Å². The normalized spacial score (nSPS) is 19.3. The van der Waals surface area contributed by atoms with Crippen molar-refractivity contribution < 1.29 is 19.4 Å². The quantitative estimate of drug-likeness (QED) is 0.400. The standard InChI is InChI=1S/C22H24Cl4N2O4/c23-17-7-5-15(9-19(17)25)31-11-21(29)27-13-1-2-14(4-3-13)28-22(30)12-32-16-6-8-18(24)20(26)10-16/h5-10,13-14,21,27,29H,1-4,11-12H2,(H,28,30). The largest absolute Gasteiger partial charge is 0.489 e. The van der Waals surface area contributed by atoms with E-state index in [1.54, 1.807) is 36.4 Å². The molecule has 0 aliphatic heterocycles. The second-order valence-corrected chi connectivity index (χ2v) is 9.18. The van der Waals surface area contributed by atoms with Crippen LogP contribution in [0.4, 0.5) is 0 Å². The van der Waals surface area contributed by atoms with Crippen molar-refractivity contribution in [3.63, 3.8) is 0 Å². The Morgan fingerprint density at radius 3 is 1.97 bits per heavy atom. The maximum atomic E-state index is 12.2. The summed E-state index contributed by atoms with van der Waals surface area (Å²) in [5.41, 5.74) is 0. The molecule has 0 saturated heterocycles. The zero-order valence-electron chi connectivity index (χ0n) is 17.1. The van der Waals surface area contributed by atoms with Gasteiger partial charge in [0.1, 0.15) is 24.3 Å². The van der Waals surface area contributed by atoms with E-state index < -0.39 is 6.23 Å². The fraction of sp³-hybridized carbons (Fsp3) is 0.409. The van der Waals surface area contributed by atoms with Gasteiger partial charge >= 0.3 is 0 Å². The number of ether oxygens (including phenoxy) is 2. The van der Waals surface area contributed by atoms with Gasteiger partial charge in [-0.3, -0.25) is 10.1 Å². The molecule has 1 saturated carbocycles. The Bertz CT molecular complexity index is 923. The lowest BCUT2D eigenvalue weighted by atomic mass is 9.91. The van der Waals surface area contributed by atoms with Crippen LogP contribution in [0.15, 0.2) is 36.4 Å². The second-order valence-electron chi connectivity index (χ2n) is 7.55. The monoisotopic (exact) mass is 520 g/mol. The summed E-state index contributed by atoms with van der Waals surface area (Å²) in [5.74, 6) is 0.830. The zero-order chi connectivity index (χ0) is 23.1. The molecule has 10 heteroatoms. The lowest BCUT2D eigenvalue weighted by Crippen LogP contribution is -2.47. The molecule has 32 heavy (non-hydrogen) atoms. The maximum Gasteiger partial charge on any atom is 0.258 e. The van der Waals surface area contributed by atoms with Crippen molar-refractivity contribution in [2.24, 2.45) is 0 Å². The lowest BCUT2D eigenvalue weighted by molar-refractivity contribution is -0.124. The second kappa shape index (κ2) is 12.2. The van der Waals surface area contributed by atoms with Gasteiger partial charge in [-0.05, 0) is 49.9 Å². The first kappa shape index (κ1) is 25.2. The highest BCUT2D eigenvalue weighted by Gasteiger charge is 2.24. The smallest absolute Gasteiger partial charge is 0.258 e. The molecule has 0 bridgehead atoms. The molecule has 1 amide bonds. The van der Waals surface area contributed by atoms with E-state index in [-0.39, 0.29) is 31.2 Å². The molecular formula is C22H24Cl4N2O4. The molecule has 1 aliphatic carbocycles. The summed E-state index contributed by atoms with van der Waals surface area (Å²) in [4.78, 5) is 12.2. The molecule has 2 aromatic rings. The highest BCUT2D eigenvalue weighted by Crippen LogP contribution is 2.27. The third-order valence-electron chi connectivity index (χ3n) is 5.08. The van der Waals surface area contributed by atoms with Crippen molar-refractivity contribution in [2.75, 3.05) is 13.2 Å². The number of nitrogens with one attached hydrogen (secondary N) is 2. The molecule has 174 valence electrons. The number of amides is 1. The maximum absolute atomic E-state index is 12.2. The molecule has 0 aromatic heterocycles. The average molecular weight is 522 g/mol. The number of hydrogen-bond donors (Lipinski definition) is 3. The number of aliphatic hydroxyl groups excluding tert-OH is 1. The van der Waals surface area contributed by atoms with Crippen LogP contribution in [0, 0.1) is 0 Å². The third kappa shape index (κ3) is 7.87. The van der Waals surface area contributed by atoms with Crippen molar-refractivity contribution >= 4 is 52.3 Å². The van der Waals surface area contributed by atoms with Crippen LogP contribution in [-0.4, -0.2) is 42.5 Å². The molecule has 0 heterocycles. The van der Waals surface area contributed by atoms with Gasteiger partial charge in [-0.15, -0.1) is 0 Å². The van der Waals surface area contributed by atoms with Crippen molar-refractivity contribution in [3.05, 3.63) is 56.5 Å². The van der Waals surface area contributed by atoms with Crippen LogP contribution in [0.5, 0.6) is 11.5 Å². The van der Waals surface area contributed by atoms with Crippen LogP contribution < -0.4 is 20.1 Å². The van der Waals surface area contributed by atoms with Gasteiger partial charge in [-0.2, -0.15) is 0 Å². The van der Waals surface area contributed by atoms with Gasteiger partial charge in [0.05, 0.1) is 20.1 Å². The Kier molecular flexibility index (Phi) is 9.59. The first-order valence-corrected chi connectivity index (χ1v) is 11.7. The summed E-state index contributed by atoms with van der Waals surface area (Å²) in [6.07, 6.45) is 2.43. The number of benzene rings is 2. The van der Waals surface area contributed by atoms with E-state index >= 15 is 0 Å². The van der Waals surface area contributed by atoms with Crippen LogP contribution in [0.1, 0.15) is 25.7 Å². The Morgan fingerprint density at radius 2 is 1.41 bits per heavy atom. The highest BCUT2D eigenvalue weighted by atomic mass is 35.5. The van der Waals surface area contributed by atoms with E-state index in [0.717, 1.165) is 25.7 Å². The van der Waals surface area contributed by atoms with E-state index in [2.05, 4.69) is 10.6 Å². The minimum atomic E-state index is -0.819. The van der Waals surface area contributed by atoms with Crippen LogP contribution in [0.25, 0.3) is 0 Å². The van der Waals surface area contributed by atoms with Crippen molar-refractivity contribution in [1.82, 2.24) is 10.6 Å². The van der Waals surface area contributed by atoms with Gasteiger partial charge in [-0.1, -0.05) is 46.4 Å². The molecule has 1 atom stereocenters. The molecule has 0 radical (unpaired) electrons. The van der Waals surface area contributed by atoms with E-state index in [0.29, 0.717) is 31.6 Å². The summed E-state index contributed by atoms with van der Waals surface area (Å²) < 4.78 is 11.0. The van der Waals surface area contributed by atoms with Gasteiger partial charge in [-0.25, -0.2) is 0 Å². The summed E-state index contributed by atoms with van der Waals surface area (Å²) >= 11 is 23.7. The van der Waals surface area contributed by atoms with Gasteiger partial charge in [0.25, 0.3) is 5.91 Å². The Labute approximate surface area is 207 Å². The number of carbonyl (C=O) groups excluding carboxylic acids is 1. The summed E-state index contributed by atoms with van der Waals surface area (Å²) in [7, 11) is 0. The van der Waals surface area contributed by atoms with Crippen LogP contribution in [-0.2, 0) is 4.79 Å². The van der Waals surface area contributed by atoms with Gasteiger partial charge in [0.15, 0.2) is 6.61 Å². The van der Waals surface area contributed by atoms with E-state index in [4.69, 9.17) is 55.9 Å². The molecule has 6 nitrogen and oxygen atoms in total. The highest BCUT2D eigenvalue weighted by molar-refractivity contribution is 6.42. The van der Waals surface area contributed by atoms with Gasteiger partial charge in [0.2, 0.25) is 0 Å². The fourth-order valence-corrected chi connectivity index (χ4v) is 4.03. The molecule has 3 rings (SSSR count). The van der Waals surface area contributed by atoms with E-state index in [1.165, 1.54) is 0 Å². The predicted molar refractivity (Wildman–Crippen MR) is 127 cm³/mol. The average Bonchev–Trinajstić information content (AvgIpc) is 2.77. The molecule has 0 spiro atoms. The Balaban J connectivity index is 1.33. The molecule has 1 unspecified atom stereocenters. The zero-order valence-corrected chi connectivity index (χ0v) is 20.1. The van der Waals surface area contributed by atoms with E-state index in [1.807, 2.05) is 0 Å². The Hall–Kier alpha value is -1.41. The van der Waals surface area contributed by atoms with Gasteiger partial charge in [0, 0.05) is 24.2 Å². The first-order valence-electron chi connectivity index (χ1n) is 10.2. The van der Waals surface area contributed by atoms with E-state index in [9.17, 15) is 9.90 Å². The molecule has 2 aromatic carbocycles. The van der Waals surface area contributed by atoms with Crippen molar-refractivity contribution in [1.29, 1.82) is 0 Å². The molecule has 3 N–H and O–H groups in total. The molecule has 1 aliphatic rings. The lowest BCUT2D eigenvalue weighted by Gasteiger charge is -2.31. The number of rotatable bonds is 9. The minimum Gasteiger partial charge on any atom is -0.489 e. The topological polar surface area (TPSA) is 79.8 Å². The Morgan fingerprint density at radius 1 is 0.875 bits per heavy atom. The van der Waals surface area contributed by atoms with Crippen LogP contribution in [0.2, 0.25) is 20.1 Å². The van der Waals surface area contributed by atoms with Crippen molar-refractivity contribution in [3.8, 4) is 11.5 Å². The third-order valence-corrected chi connectivity index (χ3v) is 6.56. The predicted octanol–water partition coefficient (Wildman–Crippen LogP) is 5.09. The summed E-state index contributed by atoms with van der Waals surface area (Å²) in [6, 6.07) is 10.0. The van der Waals surface area contributed by atoms with Gasteiger partial charge < -0.3 is 19.9 Å². The minimum absolute atomic E-state index is 0.0718. The van der Waals surface area contributed by atoms with Crippen LogP contribution in [0.3, 0.4) is 0 Å². The number of aliphatic hydroxyl groups is 1. The fourth-order valence-electron chi connectivity index (χ4n) is 3.45. The number of carbonyl (C=O) groups is 1.